The zero-order valence-electron chi connectivity index (χ0n) is 14.8. The van der Waals surface area contributed by atoms with E-state index in [1.54, 1.807) is 24.3 Å². The number of imidazole rings is 1. The number of nitro groups is 1. The van der Waals surface area contributed by atoms with E-state index in [2.05, 4.69) is 16.0 Å². The lowest BCUT2D eigenvalue weighted by Gasteiger charge is -2.02. The Kier molecular flexibility index (Phi) is 4.22. The number of furan rings is 1. The molecule has 2 aromatic carbocycles. The van der Waals surface area contributed by atoms with E-state index >= 15 is 0 Å². The molecule has 0 aliphatic rings. The number of hydrogen-bond acceptors (Lipinski definition) is 5. The molecule has 136 valence electrons. The van der Waals surface area contributed by atoms with Gasteiger partial charge >= 0.3 is 0 Å². The van der Waals surface area contributed by atoms with E-state index in [4.69, 9.17) is 4.42 Å². The highest BCUT2D eigenvalue weighted by Crippen LogP contribution is 2.30. The zero-order chi connectivity index (χ0) is 19.7. The fourth-order valence-corrected chi connectivity index (χ4v) is 2.94. The molecule has 0 spiro atoms. The van der Waals surface area contributed by atoms with Crippen LogP contribution in [0.4, 0.5) is 5.69 Å². The summed E-state index contributed by atoms with van der Waals surface area (Å²) in [5.41, 5.74) is 3.42. The van der Waals surface area contributed by atoms with Gasteiger partial charge in [0, 0.05) is 23.8 Å². The van der Waals surface area contributed by atoms with Crippen molar-refractivity contribution in [3.05, 3.63) is 81.9 Å². The second-order valence-electron chi connectivity index (χ2n) is 6.23. The van der Waals surface area contributed by atoms with Crippen molar-refractivity contribution in [2.24, 2.45) is 0 Å². The lowest BCUT2D eigenvalue weighted by molar-refractivity contribution is -0.384. The van der Waals surface area contributed by atoms with Crippen molar-refractivity contribution in [1.29, 1.82) is 5.26 Å². The molecule has 2 aromatic heterocycles. The van der Waals surface area contributed by atoms with Gasteiger partial charge in [0.1, 0.15) is 23.4 Å². The van der Waals surface area contributed by atoms with E-state index in [9.17, 15) is 15.4 Å². The van der Waals surface area contributed by atoms with Gasteiger partial charge in [0.05, 0.1) is 21.5 Å². The second kappa shape index (κ2) is 6.85. The van der Waals surface area contributed by atoms with Gasteiger partial charge in [-0.2, -0.15) is 5.26 Å². The number of benzene rings is 2. The van der Waals surface area contributed by atoms with E-state index in [-0.39, 0.29) is 5.69 Å². The van der Waals surface area contributed by atoms with Crippen LogP contribution in [-0.4, -0.2) is 14.9 Å². The minimum absolute atomic E-state index is 0.00548. The second-order valence-corrected chi connectivity index (χ2v) is 6.23. The molecule has 0 saturated heterocycles. The SMILES string of the molecule is Cc1ccc([N+](=O)[O-])cc1-c1ccc(/C=C(\C#N)c2nc3ccccc3[nH]2)o1. The average Bonchev–Trinajstić information content (AvgIpc) is 3.33. The summed E-state index contributed by atoms with van der Waals surface area (Å²) in [4.78, 5) is 18.1. The lowest BCUT2D eigenvalue weighted by Crippen LogP contribution is -1.89. The normalized spacial score (nSPS) is 11.5. The van der Waals surface area contributed by atoms with E-state index in [0.717, 1.165) is 16.6 Å². The molecule has 0 bridgehead atoms. The molecule has 0 amide bonds. The molecule has 0 radical (unpaired) electrons. The predicted octanol–water partition coefficient (Wildman–Crippen LogP) is 5.10. The Labute approximate surface area is 159 Å². The number of nitriles is 1. The van der Waals surface area contributed by atoms with E-state index < -0.39 is 4.92 Å². The quantitative estimate of drug-likeness (QED) is 0.305. The van der Waals surface area contributed by atoms with Crippen molar-refractivity contribution in [2.45, 2.75) is 6.92 Å². The number of aromatic nitrogens is 2. The van der Waals surface area contributed by atoms with Crippen LogP contribution in [0, 0.1) is 28.4 Å². The van der Waals surface area contributed by atoms with Crippen molar-refractivity contribution in [3.63, 3.8) is 0 Å². The van der Waals surface area contributed by atoms with Gasteiger partial charge < -0.3 is 9.40 Å². The number of para-hydroxylation sites is 2. The van der Waals surface area contributed by atoms with Gasteiger partial charge in [-0.1, -0.05) is 18.2 Å². The number of nitrogens with one attached hydrogen (secondary N) is 1. The van der Waals surface area contributed by atoms with E-state index in [1.165, 1.54) is 12.1 Å². The largest absolute Gasteiger partial charge is 0.457 e. The highest BCUT2D eigenvalue weighted by atomic mass is 16.6. The standard InChI is InChI=1S/C21H14N4O3/c1-13-6-7-15(25(26)27)11-17(13)20-9-8-16(28-20)10-14(12-22)21-23-18-4-2-3-5-19(18)24-21/h2-11H,1H3,(H,23,24)/b14-10+. The summed E-state index contributed by atoms with van der Waals surface area (Å²) in [6.45, 7) is 1.85. The Morgan fingerprint density at radius 3 is 2.82 bits per heavy atom. The third kappa shape index (κ3) is 3.15. The third-order valence-corrected chi connectivity index (χ3v) is 4.38. The topological polar surface area (TPSA) is 109 Å². The van der Waals surface area contributed by atoms with Crippen LogP contribution < -0.4 is 0 Å². The van der Waals surface area contributed by atoms with Gasteiger partial charge in [0.15, 0.2) is 0 Å². The number of hydrogen-bond donors (Lipinski definition) is 1. The van der Waals surface area contributed by atoms with Crippen LogP contribution in [-0.2, 0) is 0 Å². The summed E-state index contributed by atoms with van der Waals surface area (Å²) >= 11 is 0. The molecule has 0 aliphatic heterocycles. The predicted molar refractivity (Wildman–Crippen MR) is 105 cm³/mol. The molecule has 7 nitrogen and oxygen atoms in total. The number of aromatic amines is 1. The molecule has 0 aliphatic carbocycles. The van der Waals surface area contributed by atoms with E-state index in [1.807, 2.05) is 31.2 Å². The smallest absolute Gasteiger partial charge is 0.270 e. The number of nitrogens with zero attached hydrogens (tertiary/aromatic N) is 3. The first kappa shape index (κ1) is 17.2. The van der Waals surface area contributed by atoms with Crippen LogP contribution in [0.15, 0.2) is 59.0 Å². The zero-order valence-corrected chi connectivity index (χ0v) is 14.8. The van der Waals surface area contributed by atoms with Crippen LogP contribution in [0.25, 0.3) is 34.0 Å². The van der Waals surface area contributed by atoms with Crippen LogP contribution in [0.1, 0.15) is 17.1 Å². The summed E-state index contributed by atoms with van der Waals surface area (Å²) < 4.78 is 5.82. The van der Waals surface area contributed by atoms with Gasteiger partial charge in [-0.25, -0.2) is 4.98 Å². The Balaban J connectivity index is 1.71. The number of H-pyrrole nitrogens is 1. The molecule has 2 heterocycles. The maximum absolute atomic E-state index is 11.0. The summed E-state index contributed by atoms with van der Waals surface area (Å²) in [5, 5.41) is 20.6. The first-order valence-electron chi connectivity index (χ1n) is 8.47. The summed E-state index contributed by atoms with van der Waals surface area (Å²) in [6, 6.07) is 17.7. The third-order valence-electron chi connectivity index (χ3n) is 4.38. The Morgan fingerprint density at radius 2 is 2.07 bits per heavy atom. The van der Waals surface area contributed by atoms with E-state index in [0.29, 0.717) is 28.5 Å². The number of nitro benzene ring substituents is 1. The fourth-order valence-electron chi connectivity index (χ4n) is 2.94. The molecule has 0 saturated carbocycles. The highest BCUT2D eigenvalue weighted by Gasteiger charge is 2.14. The first-order chi connectivity index (χ1) is 13.5. The van der Waals surface area contributed by atoms with Gasteiger partial charge in [-0.3, -0.25) is 10.1 Å². The average molecular weight is 370 g/mol. The molecule has 7 heteroatoms. The monoisotopic (exact) mass is 370 g/mol. The maximum atomic E-state index is 11.0. The number of fused-ring (bicyclic) bond motifs is 1. The van der Waals surface area contributed by atoms with Crippen LogP contribution in [0.5, 0.6) is 0 Å². The lowest BCUT2D eigenvalue weighted by atomic mass is 10.1. The van der Waals surface area contributed by atoms with Crippen molar-refractivity contribution in [2.75, 3.05) is 0 Å². The summed E-state index contributed by atoms with van der Waals surface area (Å²) in [5.74, 6) is 1.40. The number of non-ortho nitro benzene ring substituents is 1. The highest BCUT2D eigenvalue weighted by molar-refractivity contribution is 5.89. The van der Waals surface area contributed by atoms with Crippen molar-refractivity contribution < 1.29 is 9.34 Å². The van der Waals surface area contributed by atoms with Crippen LogP contribution in [0.2, 0.25) is 0 Å². The minimum atomic E-state index is -0.442. The Hall–Kier alpha value is -4.18. The molecule has 4 aromatic rings. The molecular weight excluding hydrogens is 356 g/mol. The van der Waals surface area contributed by atoms with Crippen LogP contribution in [0.3, 0.4) is 0 Å². The molecule has 4 rings (SSSR count). The van der Waals surface area contributed by atoms with Crippen molar-refractivity contribution in [3.8, 4) is 17.4 Å². The summed E-state index contributed by atoms with van der Waals surface area (Å²) in [7, 11) is 0. The Bertz CT molecular complexity index is 1240. The fraction of sp³-hybridized carbons (Fsp3) is 0.0476. The summed E-state index contributed by atoms with van der Waals surface area (Å²) in [6.07, 6.45) is 1.59. The Morgan fingerprint density at radius 1 is 1.25 bits per heavy atom. The molecule has 0 atom stereocenters. The molecule has 28 heavy (non-hydrogen) atoms. The van der Waals surface area contributed by atoms with Gasteiger partial charge in [-0.15, -0.1) is 0 Å². The number of allylic oxidation sites excluding steroid dienone is 1. The molecule has 0 fully saturated rings. The molecular formula is C21H14N4O3. The maximum Gasteiger partial charge on any atom is 0.270 e. The van der Waals surface area contributed by atoms with Crippen LogP contribution >= 0.6 is 0 Å². The molecule has 1 N–H and O–H groups in total. The number of rotatable bonds is 4. The number of aryl methyl sites for hydroxylation is 1. The first-order valence-corrected chi connectivity index (χ1v) is 8.47. The van der Waals surface area contributed by atoms with Gasteiger partial charge in [-0.05, 0) is 36.8 Å². The molecule has 0 unspecified atom stereocenters. The van der Waals surface area contributed by atoms with Crippen molar-refractivity contribution in [1.82, 2.24) is 9.97 Å². The van der Waals surface area contributed by atoms with Crippen molar-refractivity contribution >= 4 is 28.4 Å². The van der Waals surface area contributed by atoms with Gasteiger partial charge in [0.2, 0.25) is 0 Å². The van der Waals surface area contributed by atoms with Gasteiger partial charge in [0.25, 0.3) is 5.69 Å². The minimum Gasteiger partial charge on any atom is -0.457 e.